The van der Waals surface area contributed by atoms with Crippen LogP contribution in [0.5, 0.6) is 0 Å². The van der Waals surface area contributed by atoms with Gasteiger partial charge in [0.15, 0.2) is 0 Å². The molecule has 1 N–H and O–H groups in total. The maximum absolute atomic E-state index is 13.2. The highest BCUT2D eigenvalue weighted by atomic mass is 19.4. The third-order valence-corrected chi connectivity index (χ3v) is 3.94. The Morgan fingerprint density at radius 1 is 1.05 bits per heavy atom. The van der Waals surface area contributed by atoms with Crippen molar-refractivity contribution in [2.24, 2.45) is 0 Å². The molecule has 0 aliphatic heterocycles. The molecular formula is C16H12F4O. The molecule has 110 valence electrons. The van der Waals surface area contributed by atoms with E-state index in [0.29, 0.717) is 17.5 Å². The average molecular weight is 296 g/mol. The molecular weight excluding hydrogens is 284 g/mol. The quantitative estimate of drug-likeness (QED) is 0.788. The molecule has 0 saturated heterocycles. The Labute approximate surface area is 118 Å². The topological polar surface area (TPSA) is 20.2 Å². The van der Waals surface area contributed by atoms with Gasteiger partial charge in [-0.15, -0.1) is 0 Å². The van der Waals surface area contributed by atoms with Gasteiger partial charge in [-0.05, 0) is 53.8 Å². The van der Waals surface area contributed by atoms with Crippen LogP contribution in [-0.4, -0.2) is 5.11 Å². The lowest BCUT2D eigenvalue weighted by Crippen LogP contribution is -2.24. The minimum Gasteiger partial charge on any atom is -0.380 e. The molecule has 2 aromatic rings. The fourth-order valence-corrected chi connectivity index (χ4v) is 2.88. The number of fused-ring (bicyclic) bond motifs is 1. The van der Waals surface area contributed by atoms with Gasteiger partial charge in [0.25, 0.3) is 0 Å². The summed E-state index contributed by atoms with van der Waals surface area (Å²) in [5.74, 6) is -0.415. The minimum atomic E-state index is -4.46. The van der Waals surface area contributed by atoms with Gasteiger partial charge in [0.1, 0.15) is 11.4 Å². The molecule has 0 radical (unpaired) electrons. The number of halogens is 4. The van der Waals surface area contributed by atoms with E-state index in [-0.39, 0.29) is 12.0 Å². The molecule has 1 atom stereocenters. The molecule has 0 heterocycles. The summed E-state index contributed by atoms with van der Waals surface area (Å²) < 4.78 is 51.6. The van der Waals surface area contributed by atoms with Crippen molar-refractivity contribution in [1.29, 1.82) is 0 Å². The summed E-state index contributed by atoms with van der Waals surface area (Å²) in [7, 11) is 0. The standard InChI is InChI=1S/C16H12F4O/c17-13-4-5-14-10(8-13)6-7-15(14,21)11-2-1-3-12(9-11)16(18,19)20/h1-5,8-9,21H,6-7H2. The Kier molecular flexibility index (Phi) is 3.06. The first-order chi connectivity index (χ1) is 9.80. The maximum Gasteiger partial charge on any atom is 0.416 e. The lowest BCUT2D eigenvalue weighted by atomic mass is 9.87. The second kappa shape index (κ2) is 4.56. The highest BCUT2D eigenvalue weighted by Gasteiger charge is 2.40. The van der Waals surface area contributed by atoms with Crippen LogP contribution in [0.25, 0.3) is 0 Å². The average Bonchev–Trinajstić information content (AvgIpc) is 2.76. The SMILES string of the molecule is OC1(c2cccc(C(F)(F)F)c2)CCc2cc(F)ccc21. The number of benzene rings is 2. The van der Waals surface area contributed by atoms with Crippen LogP contribution in [0, 0.1) is 5.82 Å². The molecule has 1 unspecified atom stereocenters. The molecule has 5 heteroatoms. The van der Waals surface area contributed by atoms with Crippen molar-refractivity contribution in [3.05, 3.63) is 70.5 Å². The van der Waals surface area contributed by atoms with Crippen LogP contribution in [0.2, 0.25) is 0 Å². The van der Waals surface area contributed by atoms with Crippen molar-refractivity contribution in [3.8, 4) is 0 Å². The van der Waals surface area contributed by atoms with E-state index in [0.717, 1.165) is 12.1 Å². The highest BCUT2D eigenvalue weighted by molar-refractivity contribution is 5.46. The van der Waals surface area contributed by atoms with E-state index in [2.05, 4.69) is 0 Å². The van der Waals surface area contributed by atoms with Crippen LogP contribution in [-0.2, 0) is 18.2 Å². The molecule has 2 aromatic carbocycles. The summed E-state index contributed by atoms with van der Waals surface area (Å²) in [6, 6.07) is 8.64. The van der Waals surface area contributed by atoms with Gasteiger partial charge < -0.3 is 5.11 Å². The van der Waals surface area contributed by atoms with Gasteiger partial charge in [0, 0.05) is 0 Å². The molecule has 1 aliphatic carbocycles. The Morgan fingerprint density at radius 3 is 2.52 bits per heavy atom. The Balaban J connectivity index is 2.10. The second-order valence-electron chi connectivity index (χ2n) is 5.24. The van der Waals surface area contributed by atoms with Gasteiger partial charge in [-0.2, -0.15) is 13.2 Å². The van der Waals surface area contributed by atoms with E-state index in [1.807, 2.05) is 0 Å². The Morgan fingerprint density at radius 2 is 1.81 bits per heavy atom. The van der Waals surface area contributed by atoms with Gasteiger partial charge >= 0.3 is 6.18 Å². The van der Waals surface area contributed by atoms with E-state index < -0.39 is 23.2 Å². The molecule has 0 saturated carbocycles. The molecule has 0 spiro atoms. The normalized spacial score (nSPS) is 21.4. The minimum absolute atomic E-state index is 0.183. The fourth-order valence-electron chi connectivity index (χ4n) is 2.88. The fraction of sp³-hybridized carbons (Fsp3) is 0.250. The number of aryl methyl sites for hydroxylation is 1. The summed E-state index contributed by atoms with van der Waals surface area (Å²) in [6.07, 6.45) is -3.79. The number of rotatable bonds is 1. The Hall–Kier alpha value is -1.88. The molecule has 1 aliphatic rings. The lowest BCUT2D eigenvalue weighted by molar-refractivity contribution is -0.137. The second-order valence-corrected chi connectivity index (χ2v) is 5.24. The van der Waals surface area contributed by atoms with Crippen LogP contribution in [0.4, 0.5) is 17.6 Å². The highest BCUT2D eigenvalue weighted by Crippen LogP contribution is 2.43. The smallest absolute Gasteiger partial charge is 0.380 e. The first kappa shape index (κ1) is 14.1. The van der Waals surface area contributed by atoms with Crippen molar-refractivity contribution < 1.29 is 22.7 Å². The maximum atomic E-state index is 13.2. The number of alkyl halides is 3. The van der Waals surface area contributed by atoms with Crippen LogP contribution in [0.1, 0.15) is 28.7 Å². The summed E-state index contributed by atoms with van der Waals surface area (Å²) in [6.45, 7) is 0. The third-order valence-electron chi connectivity index (χ3n) is 3.94. The molecule has 1 nitrogen and oxygen atoms in total. The molecule has 0 amide bonds. The van der Waals surface area contributed by atoms with Gasteiger partial charge in [0.2, 0.25) is 0 Å². The summed E-state index contributed by atoms with van der Waals surface area (Å²) in [4.78, 5) is 0. The largest absolute Gasteiger partial charge is 0.416 e. The van der Waals surface area contributed by atoms with Crippen molar-refractivity contribution in [1.82, 2.24) is 0 Å². The zero-order chi connectivity index (χ0) is 15.3. The summed E-state index contributed by atoms with van der Waals surface area (Å²) >= 11 is 0. The van der Waals surface area contributed by atoms with Crippen molar-refractivity contribution in [3.63, 3.8) is 0 Å². The first-order valence-electron chi connectivity index (χ1n) is 6.50. The van der Waals surface area contributed by atoms with E-state index in [4.69, 9.17) is 0 Å². The van der Waals surface area contributed by atoms with Crippen LogP contribution in [0.3, 0.4) is 0 Å². The van der Waals surface area contributed by atoms with Crippen molar-refractivity contribution in [2.75, 3.05) is 0 Å². The molecule has 21 heavy (non-hydrogen) atoms. The number of hydrogen-bond acceptors (Lipinski definition) is 1. The van der Waals surface area contributed by atoms with E-state index >= 15 is 0 Å². The van der Waals surface area contributed by atoms with E-state index in [9.17, 15) is 22.7 Å². The molecule has 0 fully saturated rings. The Bertz CT molecular complexity index is 693. The van der Waals surface area contributed by atoms with Gasteiger partial charge in [-0.1, -0.05) is 18.2 Å². The summed E-state index contributed by atoms with van der Waals surface area (Å²) in [5.41, 5.74) is -1.01. The van der Waals surface area contributed by atoms with Crippen LogP contribution < -0.4 is 0 Å². The van der Waals surface area contributed by atoms with Crippen LogP contribution >= 0.6 is 0 Å². The molecule has 0 bridgehead atoms. The van der Waals surface area contributed by atoms with Crippen molar-refractivity contribution >= 4 is 0 Å². The van der Waals surface area contributed by atoms with E-state index in [1.165, 1.54) is 30.3 Å². The van der Waals surface area contributed by atoms with E-state index in [1.54, 1.807) is 0 Å². The molecule has 0 aromatic heterocycles. The van der Waals surface area contributed by atoms with Gasteiger partial charge in [-0.3, -0.25) is 0 Å². The predicted molar refractivity (Wildman–Crippen MR) is 69.2 cm³/mol. The number of aliphatic hydroxyl groups is 1. The predicted octanol–water partition coefficient (Wildman–Crippen LogP) is 4.03. The van der Waals surface area contributed by atoms with Crippen molar-refractivity contribution in [2.45, 2.75) is 24.6 Å². The zero-order valence-electron chi connectivity index (χ0n) is 10.9. The van der Waals surface area contributed by atoms with Gasteiger partial charge in [-0.25, -0.2) is 4.39 Å². The monoisotopic (exact) mass is 296 g/mol. The lowest BCUT2D eigenvalue weighted by Gasteiger charge is -2.25. The third kappa shape index (κ3) is 2.31. The summed E-state index contributed by atoms with van der Waals surface area (Å²) in [5, 5.41) is 10.8. The molecule has 3 rings (SSSR count). The zero-order valence-corrected chi connectivity index (χ0v) is 10.9. The van der Waals surface area contributed by atoms with Crippen LogP contribution in [0.15, 0.2) is 42.5 Å². The first-order valence-corrected chi connectivity index (χ1v) is 6.50. The van der Waals surface area contributed by atoms with Gasteiger partial charge in [0.05, 0.1) is 5.56 Å². The number of hydrogen-bond donors (Lipinski definition) is 1.